The Morgan fingerprint density at radius 1 is 1.62 bits per heavy atom. The minimum atomic E-state index is -0.222. The summed E-state index contributed by atoms with van der Waals surface area (Å²) < 4.78 is 5.14. The molecule has 4 nitrogen and oxygen atoms in total. The van der Waals surface area contributed by atoms with Gasteiger partial charge >= 0.3 is 0 Å². The Morgan fingerprint density at radius 3 is 3.19 bits per heavy atom. The van der Waals surface area contributed by atoms with Gasteiger partial charge in [-0.25, -0.2) is 0 Å². The van der Waals surface area contributed by atoms with Gasteiger partial charge in [-0.1, -0.05) is 11.6 Å². The van der Waals surface area contributed by atoms with Gasteiger partial charge in [0.2, 0.25) is 0 Å². The molecule has 0 bridgehead atoms. The molecule has 0 spiro atoms. The Bertz CT molecular complexity index is 298. The minimum absolute atomic E-state index is 0.222. The van der Waals surface area contributed by atoms with Crippen LogP contribution < -0.4 is 0 Å². The maximum Gasteiger partial charge on any atom is 0.150 e. The molecular formula is C12H20N2O2. The quantitative estimate of drug-likeness (QED) is 0.847. The maximum atomic E-state index is 9.49. The summed E-state index contributed by atoms with van der Waals surface area (Å²) in [5.41, 5.74) is 0. The summed E-state index contributed by atoms with van der Waals surface area (Å²) in [6.07, 6.45) is 6.01. The lowest BCUT2D eigenvalue weighted by Gasteiger charge is -2.35. The molecule has 90 valence electrons. The van der Waals surface area contributed by atoms with E-state index in [4.69, 9.17) is 4.52 Å². The van der Waals surface area contributed by atoms with Crippen molar-refractivity contribution in [3.63, 3.8) is 0 Å². The topological polar surface area (TPSA) is 49.5 Å². The molecule has 0 saturated carbocycles. The second-order valence-electron chi connectivity index (χ2n) is 4.68. The summed E-state index contributed by atoms with van der Waals surface area (Å²) in [4.78, 5) is 2.40. The van der Waals surface area contributed by atoms with Crippen molar-refractivity contribution in [1.29, 1.82) is 0 Å². The Hall–Kier alpha value is -0.870. The molecule has 2 atom stereocenters. The van der Waals surface area contributed by atoms with Gasteiger partial charge in [-0.2, -0.15) is 0 Å². The number of aliphatic hydroxyl groups excluding tert-OH is 1. The fourth-order valence-electron chi connectivity index (χ4n) is 2.45. The van der Waals surface area contributed by atoms with Gasteiger partial charge < -0.3 is 9.63 Å². The number of aliphatic hydroxyl groups is 1. The van der Waals surface area contributed by atoms with Crippen molar-refractivity contribution in [2.45, 2.75) is 51.3 Å². The lowest BCUT2D eigenvalue weighted by molar-refractivity contribution is 0.0752. The van der Waals surface area contributed by atoms with Crippen LogP contribution in [0.3, 0.4) is 0 Å². The molecule has 1 aliphatic rings. The summed E-state index contributed by atoms with van der Waals surface area (Å²) in [5.74, 6) is 0.914. The molecule has 1 saturated heterocycles. The highest BCUT2D eigenvalue weighted by atomic mass is 16.5. The molecule has 0 aromatic carbocycles. The van der Waals surface area contributed by atoms with Crippen LogP contribution in [0.1, 0.15) is 38.4 Å². The van der Waals surface area contributed by atoms with Gasteiger partial charge in [0.05, 0.1) is 18.8 Å². The third kappa shape index (κ3) is 3.06. The minimum Gasteiger partial charge on any atom is -0.393 e. The Labute approximate surface area is 96.2 Å². The first-order valence-corrected chi connectivity index (χ1v) is 6.07. The van der Waals surface area contributed by atoms with Gasteiger partial charge in [-0.15, -0.1) is 0 Å². The van der Waals surface area contributed by atoms with E-state index in [1.165, 1.54) is 19.3 Å². The molecule has 1 N–H and O–H groups in total. The first kappa shape index (κ1) is 11.6. The number of hydrogen-bond donors (Lipinski definition) is 1. The lowest BCUT2D eigenvalue weighted by atomic mass is 9.97. The molecule has 2 rings (SSSR count). The molecule has 1 fully saturated rings. The van der Waals surface area contributed by atoms with E-state index in [-0.39, 0.29) is 6.10 Å². The van der Waals surface area contributed by atoms with Crippen LogP contribution in [0, 0.1) is 0 Å². The van der Waals surface area contributed by atoms with E-state index < -0.39 is 0 Å². The highest BCUT2D eigenvalue weighted by Crippen LogP contribution is 2.22. The van der Waals surface area contributed by atoms with Crippen molar-refractivity contribution in [2.75, 3.05) is 6.54 Å². The number of hydrogen-bond acceptors (Lipinski definition) is 4. The third-order valence-corrected chi connectivity index (χ3v) is 3.21. The molecule has 1 aromatic heterocycles. The average molecular weight is 224 g/mol. The predicted molar refractivity (Wildman–Crippen MR) is 60.8 cm³/mol. The van der Waals surface area contributed by atoms with Crippen LogP contribution in [0.4, 0.5) is 0 Å². The SMILES string of the molecule is CC(O)CC1CCCCN1Cc1ccno1. The van der Waals surface area contributed by atoms with Crippen molar-refractivity contribution in [3.8, 4) is 0 Å². The van der Waals surface area contributed by atoms with Crippen LogP contribution in [-0.2, 0) is 6.54 Å². The van der Waals surface area contributed by atoms with Gasteiger partial charge in [0.15, 0.2) is 5.76 Å². The molecular weight excluding hydrogens is 204 g/mol. The molecule has 0 radical (unpaired) electrons. The van der Waals surface area contributed by atoms with Crippen molar-refractivity contribution in [3.05, 3.63) is 18.0 Å². The van der Waals surface area contributed by atoms with E-state index in [1.54, 1.807) is 6.20 Å². The van der Waals surface area contributed by atoms with Crippen LogP contribution in [0.15, 0.2) is 16.8 Å². The van der Waals surface area contributed by atoms with E-state index in [0.29, 0.717) is 6.04 Å². The zero-order valence-corrected chi connectivity index (χ0v) is 9.80. The summed E-state index contributed by atoms with van der Waals surface area (Å²) in [7, 11) is 0. The van der Waals surface area contributed by atoms with Crippen molar-refractivity contribution in [1.82, 2.24) is 10.1 Å². The largest absolute Gasteiger partial charge is 0.393 e. The normalized spacial score (nSPS) is 24.5. The molecule has 16 heavy (non-hydrogen) atoms. The van der Waals surface area contributed by atoms with E-state index in [0.717, 1.165) is 25.3 Å². The fourth-order valence-corrected chi connectivity index (χ4v) is 2.45. The average Bonchev–Trinajstić information content (AvgIpc) is 2.73. The van der Waals surface area contributed by atoms with Crippen LogP contribution in [0.5, 0.6) is 0 Å². The first-order valence-electron chi connectivity index (χ1n) is 6.07. The second-order valence-corrected chi connectivity index (χ2v) is 4.68. The second kappa shape index (κ2) is 5.46. The van der Waals surface area contributed by atoms with Gasteiger partial charge in [0.25, 0.3) is 0 Å². The predicted octanol–water partition coefficient (Wildman–Crippen LogP) is 1.80. The standard InChI is InChI=1S/C12H20N2O2/c1-10(15)8-11-4-2-3-7-14(11)9-12-5-6-13-16-12/h5-6,10-11,15H,2-4,7-9H2,1H3. The molecule has 2 heterocycles. The molecule has 0 aliphatic carbocycles. The van der Waals surface area contributed by atoms with Crippen LogP contribution in [0.2, 0.25) is 0 Å². The molecule has 2 unspecified atom stereocenters. The van der Waals surface area contributed by atoms with Crippen molar-refractivity contribution >= 4 is 0 Å². The highest BCUT2D eigenvalue weighted by Gasteiger charge is 2.24. The van der Waals surface area contributed by atoms with Gasteiger partial charge in [-0.3, -0.25) is 4.90 Å². The third-order valence-electron chi connectivity index (χ3n) is 3.21. The summed E-state index contributed by atoms with van der Waals surface area (Å²) >= 11 is 0. The lowest BCUT2D eigenvalue weighted by Crippen LogP contribution is -2.40. The molecule has 1 aromatic rings. The number of likely N-dealkylation sites (tertiary alicyclic amines) is 1. The monoisotopic (exact) mass is 224 g/mol. The molecule has 4 heteroatoms. The zero-order chi connectivity index (χ0) is 11.4. The van der Waals surface area contributed by atoms with E-state index in [2.05, 4.69) is 10.1 Å². The number of aromatic nitrogens is 1. The Morgan fingerprint density at radius 2 is 2.50 bits per heavy atom. The van der Waals surface area contributed by atoms with Crippen LogP contribution in [-0.4, -0.2) is 33.9 Å². The van der Waals surface area contributed by atoms with E-state index >= 15 is 0 Å². The zero-order valence-electron chi connectivity index (χ0n) is 9.80. The highest BCUT2D eigenvalue weighted by molar-refractivity contribution is 4.94. The summed E-state index contributed by atoms with van der Waals surface area (Å²) in [6, 6.07) is 2.40. The van der Waals surface area contributed by atoms with Crippen LogP contribution >= 0.6 is 0 Å². The number of piperidine rings is 1. The summed E-state index contributed by atoms with van der Waals surface area (Å²) in [6.45, 7) is 3.77. The van der Waals surface area contributed by atoms with Gasteiger partial charge in [0.1, 0.15) is 0 Å². The Kier molecular flexibility index (Phi) is 3.96. The van der Waals surface area contributed by atoms with Gasteiger partial charge in [-0.05, 0) is 32.7 Å². The van der Waals surface area contributed by atoms with E-state index in [1.807, 2.05) is 13.0 Å². The van der Waals surface area contributed by atoms with Crippen molar-refractivity contribution in [2.24, 2.45) is 0 Å². The molecule has 1 aliphatic heterocycles. The maximum absolute atomic E-state index is 9.49. The smallest absolute Gasteiger partial charge is 0.150 e. The Balaban J connectivity index is 1.93. The van der Waals surface area contributed by atoms with Crippen LogP contribution in [0.25, 0.3) is 0 Å². The first-order chi connectivity index (χ1) is 7.75. The number of rotatable bonds is 4. The van der Waals surface area contributed by atoms with Gasteiger partial charge in [0, 0.05) is 12.1 Å². The number of nitrogens with zero attached hydrogens (tertiary/aromatic N) is 2. The summed E-state index contributed by atoms with van der Waals surface area (Å²) in [5, 5.41) is 13.2. The van der Waals surface area contributed by atoms with Crippen molar-refractivity contribution < 1.29 is 9.63 Å². The molecule has 0 amide bonds. The van der Waals surface area contributed by atoms with E-state index in [9.17, 15) is 5.11 Å². The fraction of sp³-hybridized carbons (Fsp3) is 0.750.